The van der Waals surface area contributed by atoms with Gasteiger partial charge in [-0.05, 0) is 48.8 Å². The van der Waals surface area contributed by atoms with Crippen molar-refractivity contribution in [1.29, 1.82) is 0 Å². The summed E-state index contributed by atoms with van der Waals surface area (Å²) in [5, 5.41) is 9.87. The number of aromatic hydroxyl groups is 1. The Morgan fingerprint density at radius 1 is 0.950 bits per heavy atom. The minimum Gasteiger partial charge on any atom is -0.508 e. The molecule has 1 rings (SSSR count). The molecule has 0 aromatic heterocycles. The monoisotopic (exact) mass is 276 g/mol. The van der Waals surface area contributed by atoms with Crippen LogP contribution in [0.15, 0.2) is 18.2 Å². The normalized spacial score (nSPS) is 12.6. The van der Waals surface area contributed by atoms with E-state index in [1.54, 1.807) is 0 Å². The number of unbranched alkanes of at least 4 members (excludes halogenated alkanes) is 2. The Morgan fingerprint density at radius 2 is 1.65 bits per heavy atom. The SMILES string of the molecule is CCCCc1cc(CCCC(C)CCCC)ccc1O. The summed E-state index contributed by atoms with van der Waals surface area (Å²) in [6, 6.07) is 6.17. The standard InChI is InChI=1S/C19H32O/c1-4-6-9-16(3)10-8-11-17-13-14-19(20)18(15-17)12-7-5-2/h13-16,20H,4-12H2,1-3H3. The van der Waals surface area contributed by atoms with Gasteiger partial charge in [0.15, 0.2) is 0 Å². The van der Waals surface area contributed by atoms with Crippen molar-refractivity contribution in [3.05, 3.63) is 29.3 Å². The second-order valence-electron chi connectivity index (χ2n) is 6.21. The van der Waals surface area contributed by atoms with E-state index in [1.165, 1.54) is 44.1 Å². The maximum Gasteiger partial charge on any atom is 0.118 e. The predicted octanol–water partition coefficient (Wildman–Crippen LogP) is 5.88. The Balaban J connectivity index is 2.39. The minimum absolute atomic E-state index is 0.471. The van der Waals surface area contributed by atoms with Crippen molar-refractivity contribution in [2.45, 2.75) is 78.6 Å². The van der Waals surface area contributed by atoms with Crippen LogP contribution in [-0.2, 0) is 12.8 Å². The van der Waals surface area contributed by atoms with Gasteiger partial charge >= 0.3 is 0 Å². The number of hydrogen-bond donors (Lipinski definition) is 1. The van der Waals surface area contributed by atoms with Gasteiger partial charge in [-0.1, -0.05) is 65.0 Å². The molecule has 0 spiro atoms. The molecule has 1 heteroatoms. The molecule has 1 atom stereocenters. The van der Waals surface area contributed by atoms with Crippen molar-refractivity contribution in [1.82, 2.24) is 0 Å². The molecular formula is C19H32O. The molecule has 1 aromatic rings. The van der Waals surface area contributed by atoms with E-state index in [9.17, 15) is 5.11 Å². The zero-order valence-electron chi connectivity index (χ0n) is 13.6. The molecule has 1 unspecified atom stereocenters. The number of rotatable bonds is 10. The van der Waals surface area contributed by atoms with Gasteiger partial charge in [-0.2, -0.15) is 0 Å². The number of hydrogen-bond acceptors (Lipinski definition) is 1. The summed E-state index contributed by atoms with van der Waals surface area (Å²) >= 11 is 0. The van der Waals surface area contributed by atoms with Crippen LogP contribution in [0.1, 0.15) is 76.8 Å². The van der Waals surface area contributed by atoms with Gasteiger partial charge < -0.3 is 5.11 Å². The summed E-state index contributed by atoms with van der Waals surface area (Å²) in [7, 11) is 0. The summed E-state index contributed by atoms with van der Waals surface area (Å²) in [5.74, 6) is 1.32. The maximum atomic E-state index is 9.87. The first kappa shape index (κ1) is 17.1. The second-order valence-corrected chi connectivity index (χ2v) is 6.21. The van der Waals surface area contributed by atoms with Crippen LogP contribution in [-0.4, -0.2) is 5.11 Å². The first-order chi connectivity index (χ1) is 9.67. The van der Waals surface area contributed by atoms with Gasteiger partial charge in [0.25, 0.3) is 0 Å². The van der Waals surface area contributed by atoms with E-state index in [2.05, 4.69) is 32.9 Å². The first-order valence-corrected chi connectivity index (χ1v) is 8.48. The van der Waals surface area contributed by atoms with Gasteiger partial charge in [-0.15, -0.1) is 0 Å². The van der Waals surface area contributed by atoms with Crippen molar-refractivity contribution >= 4 is 0 Å². The van der Waals surface area contributed by atoms with Crippen molar-refractivity contribution < 1.29 is 5.11 Å². The number of benzene rings is 1. The van der Waals surface area contributed by atoms with Gasteiger partial charge in [0, 0.05) is 0 Å². The van der Waals surface area contributed by atoms with Gasteiger partial charge in [-0.25, -0.2) is 0 Å². The molecule has 114 valence electrons. The molecular weight excluding hydrogens is 244 g/mol. The molecule has 0 saturated heterocycles. The smallest absolute Gasteiger partial charge is 0.118 e. The van der Waals surface area contributed by atoms with Crippen molar-refractivity contribution in [3.8, 4) is 5.75 Å². The third-order valence-corrected chi connectivity index (χ3v) is 4.16. The molecule has 0 amide bonds. The Kier molecular flexibility index (Phi) is 8.41. The van der Waals surface area contributed by atoms with Gasteiger partial charge in [-0.3, -0.25) is 0 Å². The Labute approximate surface area is 125 Å². The highest BCUT2D eigenvalue weighted by molar-refractivity contribution is 5.36. The predicted molar refractivity (Wildman–Crippen MR) is 88.3 cm³/mol. The average molecular weight is 276 g/mol. The van der Waals surface area contributed by atoms with Crippen LogP contribution in [0.4, 0.5) is 0 Å². The lowest BCUT2D eigenvalue weighted by molar-refractivity contribution is 0.456. The zero-order valence-corrected chi connectivity index (χ0v) is 13.6. The highest BCUT2D eigenvalue weighted by Crippen LogP contribution is 2.22. The fourth-order valence-electron chi connectivity index (χ4n) is 2.71. The van der Waals surface area contributed by atoms with Crippen LogP contribution in [0.3, 0.4) is 0 Å². The van der Waals surface area contributed by atoms with E-state index in [4.69, 9.17) is 0 Å². The van der Waals surface area contributed by atoms with Crippen LogP contribution < -0.4 is 0 Å². The molecule has 0 aliphatic carbocycles. The first-order valence-electron chi connectivity index (χ1n) is 8.48. The zero-order chi connectivity index (χ0) is 14.8. The van der Waals surface area contributed by atoms with Crippen molar-refractivity contribution in [2.24, 2.45) is 5.92 Å². The summed E-state index contributed by atoms with van der Waals surface area (Å²) in [5.41, 5.74) is 2.51. The Morgan fingerprint density at radius 3 is 2.35 bits per heavy atom. The topological polar surface area (TPSA) is 20.2 Å². The van der Waals surface area contributed by atoms with Gasteiger partial charge in [0.1, 0.15) is 5.75 Å². The molecule has 0 heterocycles. The number of aryl methyl sites for hydroxylation is 2. The summed E-state index contributed by atoms with van der Waals surface area (Å²) in [6.45, 7) is 6.83. The highest BCUT2D eigenvalue weighted by Gasteiger charge is 2.05. The number of phenolic OH excluding ortho intramolecular Hbond substituents is 1. The van der Waals surface area contributed by atoms with Crippen LogP contribution in [0.5, 0.6) is 5.75 Å². The largest absolute Gasteiger partial charge is 0.508 e. The lowest BCUT2D eigenvalue weighted by atomic mass is 9.95. The third-order valence-electron chi connectivity index (χ3n) is 4.16. The van der Waals surface area contributed by atoms with Crippen molar-refractivity contribution in [2.75, 3.05) is 0 Å². The molecule has 1 N–H and O–H groups in total. The molecule has 20 heavy (non-hydrogen) atoms. The summed E-state index contributed by atoms with van der Waals surface area (Å²) in [6.07, 6.45) is 11.1. The minimum atomic E-state index is 0.471. The van der Waals surface area contributed by atoms with Crippen LogP contribution >= 0.6 is 0 Å². The highest BCUT2D eigenvalue weighted by atomic mass is 16.3. The van der Waals surface area contributed by atoms with Crippen LogP contribution in [0.25, 0.3) is 0 Å². The lowest BCUT2D eigenvalue weighted by Gasteiger charge is -2.11. The molecule has 0 saturated carbocycles. The van der Waals surface area contributed by atoms with Crippen LogP contribution in [0, 0.1) is 5.92 Å². The van der Waals surface area contributed by atoms with E-state index < -0.39 is 0 Å². The molecule has 0 fully saturated rings. The van der Waals surface area contributed by atoms with Crippen LogP contribution in [0.2, 0.25) is 0 Å². The third kappa shape index (κ3) is 6.45. The quantitative estimate of drug-likeness (QED) is 0.565. The average Bonchev–Trinajstić information content (AvgIpc) is 2.45. The lowest BCUT2D eigenvalue weighted by Crippen LogP contribution is -1.97. The maximum absolute atomic E-state index is 9.87. The fraction of sp³-hybridized carbons (Fsp3) is 0.684. The summed E-state index contributed by atoms with van der Waals surface area (Å²) < 4.78 is 0. The molecule has 0 bridgehead atoms. The van der Waals surface area contributed by atoms with E-state index in [1.807, 2.05) is 6.07 Å². The molecule has 0 aliphatic heterocycles. The Hall–Kier alpha value is -0.980. The second kappa shape index (κ2) is 9.85. The van der Waals surface area contributed by atoms with Gasteiger partial charge in [0.2, 0.25) is 0 Å². The fourth-order valence-corrected chi connectivity index (χ4v) is 2.71. The van der Waals surface area contributed by atoms with Crippen molar-refractivity contribution in [3.63, 3.8) is 0 Å². The molecule has 0 aliphatic rings. The summed E-state index contributed by atoms with van der Waals surface area (Å²) in [4.78, 5) is 0. The molecule has 1 aromatic carbocycles. The molecule has 0 radical (unpaired) electrons. The molecule has 1 nitrogen and oxygen atoms in total. The van der Waals surface area contributed by atoms with E-state index >= 15 is 0 Å². The Bertz CT molecular complexity index is 370. The van der Waals surface area contributed by atoms with E-state index in [0.717, 1.165) is 30.7 Å². The van der Waals surface area contributed by atoms with E-state index in [-0.39, 0.29) is 0 Å². The van der Waals surface area contributed by atoms with Gasteiger partial charge in [0.05, 0.1) is 0 Å². The number of phenols is 1. The van der Waals surface area contributed by atoms with E-state index in [0.29, 0.717) is 5.75 Å².